The van der Waals surface area contributed by atoms with Crippen molar-refractivity contribution in [3.8, 4) is 17.5 Å². The first-order chi connectivity index (χ1) is 14.2. The highest BCUT2D eigenvalue weighted by molar-refractivity contribution is 5.98. The van der Waals surface area contributed by atoms with Gasteiger partial charge in [0.05, 0.1) is 17.3 Å². The van der Waals surface area contributed by atoms with Crippen LogP contribution in [-0.2, 0) is 17.9 Å². The van der Waals surface area contributed by atoms with Gasteiger partial charge in [-0.2, -0.15) is 5.26 Å². The second-order valence-electron chi connectivity index (χ2n) is 8.66. The van der Waals surface area contributed by atoms with Gasteiger partial charge in [0.2, 0.25) is 5.91 Å². The van der Waals surface area contributed by atoms with Crippen LogP contribution in [0.15, 0.2) is 24.3 Å². The quantitative estimate of drug-likeness (QED) is 0.802. The lowest BCUT2D eigenvalue weighted by Crippen LogP contribution is -2.53. The Kier molecular flexibility index (Phi) is 5.94. The number of imidazole rings is 1. The highest BCUT2D eigenvalue weighted by Crippen LogP contribution is 2.29. The largest absolute Gasteiger partial charge is 0.357 e. The van der Waals surface area contributed by atoms with Gasteiger partial charge in [0.1, 0.15) is 11.9 Å². The molecule has 3 rings (SSSR count). The molecule has 0 bridgehead atoms. The molecule has 1 aliphatic rings. The molecule has 2 aromatic rings. The van der Waals surface area contributed by atoms with Crippen LogP contribution in [0.5, 0.6) is 0 Å². The molecular formula is C22H28N6O2. The van der Waals surface area contributed by atoms with Crippen LogP contribution >= 0.6 is 0 Å². The predicted octanol–water partition coefficient (Wildman–Crippen LogP) is 1.76. The van der Waals surface area contributed by atoms with Gasteiger partial charge in [-0.15, -0.1) is 0 Å². The molecule has 0 aliphatic carbocycles. The Balaban J connectivity index is 2.07. The number of nitrogens with one attached hydrogen (secondary N) is 2. The van der Waals surface area contributed by atoms with Crippen molar-refractivity contribution in [1.29, 1.82) is 5.26 Å². The lowest BCUT2D eigenvalue weighted by Gasteiger charge is -2.30. The van der Waals surface area contributed by atoms with Gasteiger partial charge in [-0.3, -0.25) is 14.5 Å². The van der Waals surface area contributed by atoms with Crippen molar-refractivity contribution in [2.45, 2.75) is 39.9 Å². The Bertz CT molecular complexity index is 1010. The summed E-state index contributed by atoms with van der Waals surface area (Å²) in [6, 6.07) is 8.75. The molecule has 30 heavy (non-hydrogen) atoms. The molecule has 1 unspecified atom stereocenters. The van der Waals surface area contributed by atoms with Gasteiger partial charge in [0, 0.05) is 32.2 Å². The second-order valence-corrected chi connectivity index (χ2v) is 8.66. The zero-order valence-electron chi connectivity index (χ0n) is 18.1. The second kappa shape index (κ2) is 8.28. The van der Waals surface area contributed by atoms with Gasteiger partial charge in [-0.25, -0.2) is 4.98 Å². The molecule has 1 aromatic carbocycles. The first-order valence-corrected chi connectivity index (χ1v) is 9.97. The van der Waals surface area contributed by atoms with Crippen LogP contribution in [0.1, 0.15) is 42.5 Å². The summed E-state index contributed by atoms with van der Waals surface area (Å²) < 4.78 is 2.01. The number of rotatable bonds is 4. The Morgan fingerprint density at radius 2 is 1.93 bits per heavy atom. The molecule has 0 fully saturated rings. The molecule has 8 heteroatoms. The van der Waals surface area contributed by atoms with Crippen molar-refractivity contribution < 1.29 is 9.59 Å². The average molecular weight is 409 g/mol. The topological polar surface area (TPSA) is 103 Å². The summed E-state index contributed by atoms with van der Waals surface area (Å²) in [5.41, 5.74) is 1.82. The van der Waals surface area contributed by atoms with E-state index in [0.29, 0.717) is 35.7 Å². The SMILES string of the molecule is CNC(=O)C(NC(=O)c1nc(-c2ccccc2C#N)n2c1CN(C)CC2)C(C)(C)C. The van der Waals surface area contributed by atoms with Gasteiger partial charge in [-0.1, -0.05) is 32.9 Å². The van der Waals surface area contributed by atoms with Gasteiger partial charge in [-0.05, 0) is 24.6 Å². The summed E-state index contributed by atoms with van der Waals surface area (Å²) in [6.07, 6.45) is 0. The van der Waals surface area contributed by atoms with Crippen molar-refractivity contribution in [3.05, 3.63) is 41.2 Å². The molecular weight excluding hydrogens is 380 g/mol. The van der Waals surface area contributed by atoms with Crippen LogP contribution in [0.2, 0.25) is 0 Å². The smallest absolute Gasteiger partial charge is 0.272 e. The fraction of sp³-hybridized carbons (Fsp3) is 0.455. The van der Waals surface area contributed by atoms with E-state index in [4.69, 9.17) is 0 Å². The fourth-order valence-electron chi connectivity index (χ4n) is 3.68. The van der Waals surface area contributed by atoms with Crippen molar-refractivity contribution in [2.24, 2.45) is 5.41 Å². The number of hydrogen-bond donors (Lipinski definition) is 2. The maximum atomic E-state index is 13.2. The van der Waals surface area contributed by atoms with E-state index in [1.807, 2.05) is 44.5 Å². The highest BCUT2D eigenvalue weighted by Gasteiger charge is 2.35. The summed E-state index contributed by atoms with van der Waals surface area (Å²) in [6.45, 7) is 7.74. The predicted molar refractivity (Wildman–Crippen MR) is 113 cm³/mol. The first kappa shape index (κ1) is 21.5. The number of aromatic nitrogens is 2. The third-order valence-electron chi connectivity index (χ3n) is 5.35. The van der Waals surface area contributed by atoms with E-state index in [1.165, 1.54) is 0 Å². The molecule has 1 aromatic heterocycles. The van der Waals surface area contributed by atoms with E-state index in [9.17, 15) is 14.9 Å². The van der Waals surface area contributed by atoms with Crippen molar-refractivity contribution in [1.82, 2.24) is 25.1 Å². The maximum absolute atomic E-state index is 13.2. The minimum Gasteiger partial charge on any atom is -0.357 e. The number of fused-ring (bicyclic) bond motifs is 1. The maximum Gasteiger partial charge on any atom is 0.272 e. The Hall–Kier alpha value is -3.18. The zero-order chi connectivity index (χ0) is 22.1. The molecule has 2 heterocycles. The molecule has 0 saturated carbocycles. The number of nitriles is 1. The molecule has 1 atom stereocenters. The van der Waals surface area contributed by atoms with Crippen LogP contribution < -0.4 is 10.6 Å². The molecule has 8 nitrogen and oxygen atoms in total. The van der Waals surface area contributed by atoms with Crippen LogP contribution in [0.3, 0.4) is 0 Å². The van der Waals surface area contributed by atoms with Gasteiger partial charge in [0.25, 0.3) is 5.91 Å². The number of carbonyl (C=O) groups is 2. The number of carbonyl (C=O) groups excluding carboxylic acids is 2. The lowest BCUT2D eigenvalue weighted by atomic mass is 9.86. The molecule has 0 spiro atoms. The lowest BCUT2D eigenvalue weighted by molar-refractivity contribution is -0.124. The molecule has 2 amide bonds. The number of likely N-dealkylation sites (N-methyl/N-ethyl adjacent to an activating group) is 2. The molecule has 2 N–H and O–H groups in total. The van der Waals surface area contributed by atoms with Crippen molar-refractivity contribution in [3.63, 3.8) is 0 Å². The molecule has 0 saturated heterocycles. The van der Waals surface area contributed by atoms with E-state index in [-0.39, 0.29) is 5.91 Å². The Morgan fingerprint density at radius 3 is 2.57 bits per heavy atom. The van der Waals surface area contributed by atoms with E-state index >= 15 is 0 Å². The van der Waals surface area contributed by atoms with Crippen LogP contribution in [0.25, 0.3) is 11.4 Å². The van der Waals surface area contributed by atoms with E-state index in [2.05, 4.69) is 26.6 Å². The van der Waals surface area contributed by atoms with Crippen LogP contribution in [-0.4, -0.2) is 52.9 Å². The van der Waals surface area contributed by atoms with E-state index < -0.39 is 17.4 Å². The van der Waals surface area contributed by atoms with E-state index in [0.717, 1.165) is 12.2 Å². The molecule has 1 aliphatic heterocycles. The number of hydrogen-bond acceptors (Lipinski definition) is 5. The summed E-state index contributed by atoms with van der Waals surface area (Å²) in [5.74, 6) is -0.0398. The summed E-state index contributed by atoms with van der Waals surface area (Å²) >= 11 is 0. The molecule has 158 valence electrons. The summed E-state index contributed by atoms with van der Waals surface area (Å²) in [5, 5.41) is 15.0. The summed E-state index contributed by atoms with van der Waals surface area (Å²) in [7, 11) is 3.54. The minimum atomic E-state index is -0.705. The van der Waals surface area contributed by atoms with Crippen molar-refractivity contribution >= 4 is 11.8 Å². The fourth-order valence-corrected chi connectivity index (χ4v) is 3.68. The highest BCUT2D eigenvalue weighted by atomic mass is 16.2. The Morgan fingerprint density at radius 1 is 1.23 bits per heavy atom. The van der Waals surface area contributed by atoms with Gasteiger partial charge >= 0.3 is 0 Å². The average Bonchev–Trinajstić information content (AvgIpc) is 3.08. The zero-order valence-corrected chi connectivity index (χ0v) is 18.1. The number of nitrogens with zero attached hydrogens (tertiary/aromatic N) is 4. The van der Waals surface area contributed by atoms with Crippen molar-refractivity contribution in [2.75, 3.05) is 20.6 Å². The number of amides is 2. The van der Waals surface area contributed by atoms with Gasteiger partial charge in [0.15, 0.2) is 5.69 Å². The van der Waals surface area contributed by atoms with E-state index in [1.54, 1.807) is 19.2 Å². The Labute approximate surface area is 176 Å². The third kappa shape index (κ3) is 4.07. The van der Waals surface area contributed by atoms with Crippen LogP contribution in [0, 0.1) is 16.7 Å². The normalized spacial score (nSPS) is 15.1. The minimum absolute atomic E-state index is 0.254. The third-order valence-corrected chi connectivity index (χ3v) is 5.35. The summed E-state index contributed by atoms with van der Waals surface area (Å²) in [4.78, 5) is 32.4. The first-order valence-electron chi connectivity index (χ1n) is 9.97. The standard InChI is InChI=1S/C22H28N6O2/c1-22(2,3)18(21(30)24-4)26-20(29)17-16-13-27(5)10-11-28(16)19(25-17)15-9-7-6-8-14(15)12-23/h6-9,18H,10-11,13H2,1-5H3,(H,24,30)(H,26,29). The number of benzene rings is 1. The molecule has 0 radical (unpaired) electrons. The monoisotopic (exact) mass is 408 g/mol. The van der Waals surface area contributed by atoms with Crippen LogP contribution in [0.4, 0.5) is 0 Å². The van der Waals surface area contributed by atoms with Gasteiger partial charge < -0.3 is 15.2 Å².